The van der Waals surface area contributed by atoms with Crippen molar-refractivity contribution < 1.29 is 9.18 Å². The molecule has 6 nitrogen and oxygen atoms in total. The lowest BCUT2D eigenvalue weighted by Gasteiger charge is -2.40. The third-order valence-electron chi connectivity index (χ3n) is 6.74. The minimum atomic E-state index is -0.421. The minimum absolute atomic E-state index is 0.0618. The number of benzene rings is 2. The lowest BCUT2D eigenvalue weighted by Crippen LogP contribution is -2.52. The van der Waals surface area contributed by atoms with Gasteiger partial charge in [0.1, 0.15) is 5.82 Å². The van der Waals surface area contributed by atoms with Crippen LogP contribution >= 0.6 is 23.2 Å². The summed E-state index contributed by atoms with van der Waals surface area (Å²) in [5.41, 5.74) is 2.63. The van der Waals surface area contributed by atoms with E-state index in [0.717, 1.165) is 42.1 Å². The van der Waals surface area contributed by atoms with Gasteiger partial charge in [-0.1, -0.05) is 35.3 Å². The summed E-state index contributed by atoms with van der Waals surface area (Å²) in [7, 11) is 0. The van der Waals surface area contributed by atoms with Crippen LogP contribution in [0.15, 0.2) is 54.6 Å². The van der Waals surface area contributed by atoms with Gasteiger partial charge in [0, 0.05) is 55.5 Å². The number of anilines is 2. The molecular formula is C26H26Cl2FN5O. The van der Waals surface area contributed by atoms with Crippen molar-refractivity contribution in [1.29, 1.82) is 0 Å². The first-order valence-corrected chi connectivity index (χ1v) is 12.6. The Balaban J connectivity index is 1.18. The van der Waals surface area contributed by atoms with Crippen LogP contribution in [-0.4, -0.2) is 60.3 Å². The molecule has 1 amide bonds. The molecule has 1 aromatic heterocycles. The number of carbonyl (C=O) groups excluding carboxylic acids is 1. The van der Waals surface area contributed by atoms with E-state index in [1.807, 2.05) is 41.3 Å². The summed E-state index contributed by atoms with van der Waals surface area (Å²) in [5.74, 6) is 0.499. The highest BCUT2D eigenvalue weighted by atomic mass is 35.5. The van der Waals surface area contributed by atoms with E-state index < -0.39 is 5.82 Å². The zero-order valence-electron chi connectivity index (χ0n) is 19.2. The van der Waals surface area contributed by atoms with Crippen LogP contribution in [-0.2, 0) is 4.79 Å². The van der Waals surface area contributed by atoms with E-state index in [4.69, 9.17) is 23.2 Å². The first-order valence-electron chi connectivity index (χ1n) is 11.8. The highest BCUT2D eigenvalue weighted by Gasteiger charge is 2.31. The number of piperidine rings is 1. The van der Waals surface area contributed by atoms with Crippen molar-refractivity contribution >= 4 is 40.6 Å². The van der Waals surface area contributed by atoms with Crippen LogP contribution < -0.4 is 9.80 Å². The lowest BCUT2D eigenvalue weighted by molar-refractivity contribution is -0.136. The maximum atomic E-state index is 13.5. The molecule has 1 unspecified atom stereocenters. The molecular weight excluding hydrogens is 488 g/mol. The highest BCUT2D eigenvalue weighted by Crippen LogP contribution is 2.27. The fraction of sp³-hybridized carbons (Fsp3) is 0.346. The number of hydrogen-bond donors (Lipinski definition) is 0. The van der Waals surface area contributed by atoms with E-state index in [-0.39, 0.29) is 16.8 Å². The Morgan fingerprint density at radius 2 is 1.66 bits per heavy atom. The van der Waals surface area contributed by atoms with Gasteiger partial charge >= 0.3 is 0 Å². The molecule has 3 aromatic rings. The molecule has 0 spiro atoms. The molecule has 1 atom stereocenters. The number of aromatic nitrogens is 2. The van der Waals surface area contributed by atoms with Gasteiger partial charge in [0.15, 0.2) is 5.82 Å². The van der Waals surface area contributed by atoms with Gasteiger partial charge in [-0.25, -0.2) is 4.39 Å². The first kappa shape index (κ1) is 23.8. The van der Waals surface area contributed by atoms with Gasteiger partial charge in [-0.15, -0.1) is 10.2 Å². The molecule has 0 N–H and O–H groups in total. The second-order valence-electron chi connectivity index (χ2n) is 8.98. The molecule has 2 aromatic carbocycles. The van der Waals surface area contributed by atoms with E-state index in [2.05, 4.69) is 20.0 Å². The highest BCUT2D eigenvalue weighted by molar-refractivity contribution is 6.31. The fourth-order valence-corrected chi connectivity index (χ4v) is 5.08. The van der Waals surface area contributed by atoms with Crippen LogP contribution in [0.3, 0.4) is 0 Å². The molecule has 0 saturated carbocycles. The van der Waals surface area contributed by atoms with E-state index in [1.165, 1.54) is 6.07 Å². The quantitative estimate of drug-likeness (QED) is 0.482. The van der Waals surface area contributed by atoms with Crippen LogP contribution in [0, 0.1) is 11.7 Å². The maximum Gasteiger partial charge on any atom is 0.227 e. The van der Waals surface area contributed by atoms with Crippen LogP contribution in [0.25, 0.3) is 11.3 Å². The molecule has 2 fully saturated rings. The molecule has 0 radical (unpaired) electrons. The molecule has 0 bridgehead atoms. The van der Waals surface area contributed by atoms with Gasteiger partial charge in [0.2, 0.25) is 5.91 Å². The smallest absolute Gasteiger partial charge is 0.227 e. The Morgan fingerprint density at radius 1 is 0.886 bits per heavy atom. The Kier molecular flexibility index (Phi) is 7.07. The summed E-state index contributed by atoms with van der Waals surface area (Å²) in [6, 6.07) is 16.2. The van der Waals surface area contributed by atoms with Crippen molar-refractivity contribution in [2.24, 2.45) is 5.92 Å². The SMILES string of the molecule is O=C(C1CCCN(c2ccc(-c3ccc(Cl)cc3)nn2)C1)N1CCN(c2ccc(F)c(Cl)c2)CC1. The molecule has 5 rings (SSSR count). The van der Waals surface area contributed by atoms with Crippen molar-refractivity contribution in [3.63, 3.8) is 0 Å². The van der Waals surface area contributed by atoms with Gasteiger partial charge in [-0.05, 0) is 55.3 Å². The minimum Gasteiger partial charge on any atom is -0.368 e. The van der Waals surface area contributed by atoms with Crippen molar-refractivity contribution in [2.45, 2.75) is 12.8 Å². The van der Waals surface area contributed by atoms with E-state index in [0.29, 0.717) is 37.7 Å². The van der Waals surface area contributed by atoms with Crippen molar-refractivity contribution in [3.8, 4) is 11.3 Å². The van der Waals surface area contributed by atoms with Gasteiger partial charge in [0.05, 0.1) is 16.6 Å². The molecule has 3 heterocycles. The summed E-state index contributed by atoms with van der Waals surface area (Å²) < 4.78 is 13.5. The lowest BCUT2D eigenvalue weighted by atomic mass is 9.96. The zero-order chi connectivity index (χ0) is 24.4. The Morgan fingerprint density at radius 3 is 2.34 bits per heavy atom. The van der Waals surface area contributed by atoms with Crippen molar-refractivity contribution in [3.05, 3.63) is 70.5 Å². The Bertz CT molecular complexity index is 1180. The predicted octanol–water partition coefficient (Wildman–Crippen LogP) is 5.15. The number of nitrogens with zero attached hydrogens (tertiary/aromatic N) is 5. The van der Waals surface area contributed by atoms with Crippen LogP contribution in [0.1, 0.15) is 12.8 Å². The third-order valence-corrected chi connectivity index (χ3v) is 7.29. The normalized spacial score (nSPS) is 18.6. The molecule has 182 valence electrons. The fourth-order valence-electron chi connectivity index (χ4n) is 4.78. The standard InChI is InChI=1S/C26H26Cl2FN5O/c27-20-5-3-18(4-6-20)24-9-10-25(31-30-24)34-11-1-2-19(17-34)26(35)33-14-12-32(13-15-33)21-7-8-23(29)22(28)16-21/h3-10,16,19H,1-2,11-15,17H2. The second-order valence-corrected chi connectivity index (χ2v) is 9.82. The summed E-state index contributed by atoms with van der Waals surface area (Å²) in [5, 5.41) is 9.63. The first-order chi connectivity index (χ1) is 17.0. The third kappa shape index (κ3) is 5.36. The second kappa shape index (κ2) is 10.4. The average Bonchev–Trinajstić information content (AvgIpc) is 2.90. The van der Waals surface area contributed by atoms with E-state index >= 15 is 0 Å². The zero-order valence-corrected chi connectivity index (χ0v) is 20.7. The summed E-state index contributed by atoms with van der Waals surface area (Å²) in [6.07, 6.45) is 1.81. The Labute approximate surface area is 214 Å². The number of amides is 1. The molecule has 35 heavy (non-hydrogen) atoms. The monoisotopic (exact) mass is 513 g/mol. The number of rotatable bonds is 4. The van der Waals surface area contributed by atoms with Gasteiger partial charge in [-0.3, -0.25) is 4.79 Å². The summed E-state index contributed by atoms with van der Waals surface area (Å²) in [6.45, 7) is 4.17. The van der Waals surface area contributed by atoms with Crippen molar-refractivity contribution in [2.75, 3.05) is 49.1 Å². The van der Waals surface area contributed by atoms with Gasteiger partial charge in [-0.2, -0.15) is 0 Å². The average molecular weight is 514 g/mol. The topological polar surface area (TPSA) is 52.6 Å². The van der Waals surface area contributed by atoms with Crippen LogP contribution in [0.2, 0.25) is 10.0 Å². The van der Waals surface area contributed by atoms with Crippen LogP contribution in [0.5, 0.6) is 0 Å². The summed E-state index contributed by atoms with van der Waals surface area (Å²) in [4.78, 5) is 19.5. The molecule has 2 saturated heterocycles. The molecule has 2 aliphatic rings. The number of carbonyl (C=O) groups is 1. The molecule has 2 aliphatic heterocycles. The number of piperazine rings is 1. The van der Waals surface area contributed by atoms with Crippen LogP contribution in [0.4, 0.5) is 15.9 Å². The van der Waals surface area contributed by atoms with Crippen molar-refractivity contribution in [1.82, 2.24) is 15.1 Å². The summed E-state index contributed by atoms with van der Waals surface area (Å²) >= 11 is 11.9. The number of halogens is 3. The molecule has 0 aliphatic carbocycles. The van der Waals surface area contributed by atoms with Gasteiger partial charge < -0.3 is 14.7 Å². The van der Waals surface area contributed by atoms with E-state index in [1.54, 1.807) is 12.1 Å². The molecule has 9 heteroatoms. The van der Waals surface area contributed by atoms with Gasteiger partial charge in [0.25, 0.3) is 0 Å². The van der Waals surface area contributed by atoms with E-state index in [9.17, 15) is 9.18 Å². The number of hydrogen-bond acceptors (Lipinski definition) is 5. The maximum absolute atomic E-state index is 13.5. The largest absolute Gasteiger partial charge is 0.368 e. The Hall–Kier alpha value is -2.90. The predicted molar refractivity (Wildman–Crippen MR) is 138 cm³/mol.